The van der Waals surface area contributed by atoms with Crippen LogP contribution in [0.25, 0.3) is 0 Å². The molecular weight excluding hydrogens is 245 g/mol. The molecule has 6 heteroatoms. The Morgan fingerprint density at radius 2 is 1.67 bits per heavy atom. The molecule has 100 valence electrons. The average molecular weight is 260 g/mol. The molecule has 0 spiro atoms. The molecule has 1 aromatic carbocycles. The molecule has 0 bridgehead atoms. The van der Waals surface area contributed by atoms with Gasteiger partial charge in [-0.25, -0.2) is 13.2 Å². The Bertz CT molecular complexity index is 459. The Labute approximate surface area is 104 Å². The number of hydrogen-bond acceptors (Lipinski definition) is 3. The van der Waals surface area contributed by atoms with Crippen molar-refractivity contribution in [3.8, 4) is 5.75 Å². The third-order valence-corrected chi connectivity index (χ3v) is 3.11. The summed E-state index contributed by atoms with van der Waals surface area (Å²) in [6.45, 7) is 3.50. The third-order valence-electron chi connectivity index (χ3n) is 3.11. The fourth-order valence-corrected chi connectivity index (χ4v) is 2.09. The standard InChI is InChI=1S/C12H15F3N2O/c1-7-8(13)11(17-5-3-16-4-6-17)10(15)12(18-2)9(7)14/h16H,3-6H2,1-2H3. The molecule has 1 aromatic rings. The van der Waals surface area contributed by atoms with Crippen LogP contribution in [0.1, 0.15) is 5.56 Å². The maximum absolute atomic E-state index is 14.1. The smallest absolute Gasteiger partial charge is 0.194 e. The second kappa shape index (κ2) is 5.06. The minimum absolute atomic E-state index is 0.202. The summed E-state index contributed by atoms with van der Waals surface area (Å²) >= 11 is 0. The highest BCUT2D eigenvalue weighted by Gasteiger charge is 2.27. The van der Waals surface area contributed by atoms with Gasteiger partial charge in [0.2, 0.25) is 0 Å². The first kappa shape index (κ1) is 13.0. The van der Waals surface area contributed by atoms with Gasteiger partial charge in [-0.3, -0.25) is 0 Å². The van der Waals surface area contributed by atoms with Crippen LogP contribution in [0.5, 0.6) is 5.75 Å². The van der Waals surface area contributed by atoms with E-state index in [2.05, 4.69) is 10.1 Å². The third kappa shape index (κ3) is 2.01. The van der Waals surface area contributed by atoms with Crippen LogP contribution in [0.2, 0.25) is 0 Å². The molecule has 1 aliphatic heterocycles. The summed E-state index contributed by atoms with van der Waals surface area (Å²) in [7, 11) is 1.17. The topological polar surface area (TPSA) is 24.5 Å². The molecule has 3 nitrogen and oxygen atoms in total. The fourth-order valence-electron chi connectivity index (χ4n) is 2.09. The van der Waals surface area contributed by atoms with E-state index in [-0.39, 0.29) is 11.3 Å². The van der Waals surface area contributed by atoms with Crippen molar-refractivity contribution in [2.75, 3.05) is 38.2 Å². The van der Waals surface area contributed by atoms with Crippen molar-refractivity contribution in [3.63, 3.8) is 0 Å². The van der Waals surface area contributed by atoms with E-state index in [0.717, 1.165) is 0 Å². The van der Waals surface area contributed by atoms with Crippen molar-refractivity contribution in [2.24, 2.45) is 0 Å². The number of halogens is 3. The molecule has 0 radical (unpaired) electrons. The predicted molar refractivity (Wildman–Crippen MR) is 62.7 cm³/mol. The zero-order valence-corrected chi connectivity index (χ0v) is 10.3. The van der Waals surface area contributed by atoms with Crippen molar-refractivity contribution in [1.29, 1.82) is 0 Å². The maximum atomic E-state index is 14.1. The number of rotatable bonds is 2. The van der Waals surface area contributed by atoms with Crippen LogP contribution in [0.4, 0.5) is 18.9 Å². The summed E-state index contributed by atoms with van der Waals surface area (Å²) in [5.74, 6) is -3.33. The second-order valence-electron chi connectivity index (χ2n) is 4.19. The molecule has 2 rings (SSSR count). The number of methoxy groups -OCH3 is 1. The molecule has 0 amide bonds. The number of ether oxygens (including phenoxy) is 1. The first-order valence-electron chi connectivity index (χ1n) is 5.74. The molecule has 1 aliphatic rings. The summed E-state index contributed by atoms with van der Waals surface area (Å²) in [4.78, 5) is 1.57. The molecule has 1 saturated heterocycles. The minimum Gasteiger partial charge on any atom is -0.491 e. The lowest BCUT2D eigenvalue weighted by atomic mass is 10.1. The molecule has 0 saturated carbocycles. The summed E-state index contributed by atoms with van der Waals surface area (Å²) in [5, 5.41) is 3.09. The molecule has 1 N–H and O–H groups in total. The number of anilines is 1. The van der Waals surface area contributed by atoms with Crippen LogP contribution in [0.3, 0.4) is 0 Å². The molecule has 0 unspecified atom stereocenters. The van der Waals surface area contributed by atoms with E-state index in [9.17, 15) is 13.2 Å². The van der Waals surface area contributed by atoms with Crippen molar-refractivity contribution in [2.45, 2.75) is 6.92 Å². The zero-order chi connectivity index (χ0) is 13.3. The molecule has 0 atom stereocenters. The quantitative estimate of drug-likeness (QED) is 0.878. The minimum atomic E-state index is -0.980. The van der Waals surface area contributed by atoms with E-state index in [1.54, 1.807) is 4.90 Å². The first-order valence-corrected chi connectivity index (χ1v) is 5.74. The van der Waals surface area contributed by atoms with Crippen LogP contribution < -0.4 is 15.0 Å². The molecule has 18 heavy (non-hydrogen) atoms. The van der Waals surface area contributed by atoms with E-state index in [1.807, 2.05) is 0 Å². The van der Waals surface area contributed by atoms with Gasteiger partial charge in [0.1, 0.15) is 5.69 Å². The van der Waals surface area contributed by atoms with Crippen LogP contribution in [-0.2, 0) is 0 Å². The van der Waals surface area contributed by atoms with Gasteiger partial charge in [0.25, 0.3) is 0 Å². The van der Waals surface area contributed by atoms with Gasteiger partial charge in [-0.2, -0.15) is 0 Å². The normalized spacial score (nSPS) is 15.9. The maximum Gasteiger partial charge on any atom is 0.194 e. The van der Waals surface area contributed by atoms with Crippen molar-refractivity contribution >= 4 is 5.69 Å². The SMILES string of the molecule is COc1c(F)c(C)c(F)c(N2CCNCC2)c1F. The van der Waals surface area contributed by atoms with Gasteiger partial charge in [0.05, 0.1) is 7.11 Å². The first-order chi connectivity index (χ1) is 8.57. The van der Waals surface area contributed by atoms with Crippen LogP contribution in [0, 0.1) is 24.4 Å². The van der Waals surface area contributed by atoms with Gasteiger partial charge in [-0.1, -0.05) is 0 Å². The van der Waals surface area contributed by atoms with E-state index in [4.69, 9.17) is 0 Å². The lowest BCUT2D eigenvalue weighted by Crippen LogP contribution is -2.44. The Morgan fingerprint density at radius 3 is 2.22 bits per heavy atom. The Morgan fingerprint density at radius 1 is 1.06 bits per heavy atom. The zero-order valence-electron chi connectivity index (χ0n) is 10.3. The lowest BCUT2D eigenvalue weighted by Gasteiger charge is -2.30. The van der Waals surface area contributed by atoms with Crippen molar-refractivity contribution in [3.05, 3.63) is 23.0 Å². The predicted octanol–water partition coefficient (Wildman–Crippen LogP) is 1.83. The van der Waals surface area contributed by atoms with Gasteiger partial charge < -0.3 is 15.0 Å². The average Bonchev–Trinajstić information content (AvgIpc) is 2.38. The summed E-state index contributed by atoms with van der Waals surface area (Å²) in [5.41, 5.74) is -0.422. The Balaban J connectivity index is 2.54. The summed E-state index contributed by atoms with van der Waals surface area (Å²) in [6.07, 6.45) is 0. The van der Waals surface area contributed by atoms with Gasteiger partial charge in [0.15, 0.2) is 23.2 Å². The summed E-state index contributed by atoms with van der Waals surface area (Å²) < 4.78 is 46.4. The number of piperazine rings is 1. The molecular formula is C12H15F3N2O. The highest BCUT2D eigenvalue weighted by Crippen LogP contribution is 2.35. The van der Waals surface area contributed by atoms with Gasteiger partial charge >= 0.3 is 0 Å². The highest BCUT2D eigenvalue weighted by molar-refractivity contribution is 5.57. The lowest BCUT2D eigenvalue weighted by molar-refractivity contribution is 0.353. The van der Waals surface area contributed by atoms with E-state index in [0.29, 0.717) is 26.2 Å². The number of hydrogen-bond donors (Lipinski definition) is 1. The van der Waals surface area contributed by atoms with E-state index >= 15 is 0 Å². The number of benzene rings is 1. The molecule has 1 fully saturated rings. The van der Waals surface area contributed by atoms with Crippen LogP contribution in [0.15, 0.2) is 0 Å². The Hall–Kier alpha value is -1.43. The second-order valence-corrected chi connectivity index (χ2v) is 4.19. The van der Waals surface area contributed by atoms with Crippen molar-refractivity contribution in [1.82, 2.24) is 5.32 Å². The van der Waals surface area contributed by atoms with Crippen LogP contribution >= 0.6 is 0 Å². The molecule has 0 aromatic heterocycles. The molecule has 0 aliphatic carbocycles. The van der Waals surface area contributed by atoms with Crippen molar-refractivity contribution < 1.29 is 17.9 Å². The Kier molecular flexibility index (Phi) is 3.65. The van der Waals surface area contributed by atoms with E-state index < -0.39 is 23.2 Å². The summed E-state index contributed by atoms with van der Waals surface area (Å²) in [6, 6.07) is 0. The largest absolute Gasteiger partial charge is 0.491 e. The number of nitrogens with one attached hydrogen (secondary N) is 1. The van der Waals surface area contributed by atoms with Gasteiger partial charge in [-0.05, 0) is 6.92 Å². The van der Waals surface area contributed by atoms with Gasteiger partial charge in [-0.15, -0.1) is 0 Å². The monoisotopic (exact) mass is 260 g/mol. The van der Waals surface area contributed by atoms with E-state index in [1.165, 1.54) is 14.0 Å². The number of nitrogens with zero attached hydrogens (tertiary/aromatic N) is 1. The van der Waals surface area contributed by atoms with Gasteiger partial charge in [0, 0.05) is 31.7 Å². The van der Waals surface area contributed by atoms with Crippen LogP contribution in [-0.4, -0.2) is 33.3 Å². The highest BCUT2D eigenvalue weighted by atomic mass is 19.1. The molecule has 1 heterocycles. The fraction of sp³-hybridized carbons (Fsp3) is 0.500.